The molecule has 3 nitrogen and oxygen atoms in total. The topological polar surface area (TPSA) is 38.1 Å². The molecule has 1 N–H and O–H groups in total. The molecule has 0 atom stereocenters. The lowest BCUT2D eigenvalue weighted by Crippen LogP contribution is -3.00. The van der Waals surface area contributed by atoms with Crippen LogP contribution in [0.1, 0.15) is 11.3 Å². The van der Waals surface area contributed by atoms with E-state index < -0.39 is 0 Å². The van der Waals surface area contributed by atoms with Gasteiger partial charge in [0.05, 0.1) is 6.54 Å². The number of halogens is 2. The fourth-order valence-corrected chi connectivity index (χ4v) is 2.20. The second-order valence-electron chi connectivity index (χ2n) is 4.73. The Morgan fingerprint density at radius 2 is 1.64 bits per heavy atom. The zero-order valence-corrected chi connectivity index (χ0v) is 13.3. The Morgan fingerprint density at radius 3 is 2.36 bits per heavy atom. The maximum Gasteiger partial charge on any atom is 0.134 e. The quantitative estimate of drug-likeness (QED) is 0.764. The highest BCUT2D eigenvalue weighted by Crippen LogP contribution is 2.23. The van der Waals surface area contributed by atoms with Crippen LogP contribution < -0.4 is 17.7 Å². The third kappa shape index (κ3) is 4.34. The van der Waals surface area contributed by atoms with Crippen molar-refractivity contribution in [3.8, 4) is 11.3 Å². The van der Waals surface area contributed by atoms with Gasteiger partial charge in [-0.05, 0) is 54.1 Å². The molecule has 0 radical (unpaired) electrons. The first kappa shape index (κ1) is 16.6. The van der Waals surface area contributed by atoms with Crippen LogP contribution in [0, 0.1) is 0 Å². The molecule has 0 spiro atoms. The van der Waals surface area contributed by atoms with E-state index in [0.29, 0.717) is 6.54 Å². The van der Waals surface area contributed by atoms with Crippen molar-refractivity contribution in [2.45, 2.75) is 13.1 Å². The molecule has 3 aromatic rings. The number of nitrogens with one attached hydrogen (secondary N) is 1. The zero-order valence-electron chi connectivity index (χ0n) is 11.8. The lowest BCUT2D eigenvalue weighted by atomic mass is 10.2. The first-order valence-electron chi connectivity index (χ1n) is 6.75. The Kier molecular flexibility index (Phi) is 6.01. The van der Waals surface area contributed by atoms with Gasteiger partial charge in [0.25, 0.3) is 0 Å². The van der Waals surface area contributed by atoms with Crippen molar-refractivity contribution in [2.75, 3.05) is 0 Å². The van der Waals surface area contributed by atoms with E-state index in [0.717, 1.165) is 28.7 Å². The van der Waals surface area contributed by atoms with Gasteiger partial charge in [0.1, 0.15) is 11.5 Å². The fraction of sp³-hybridized carbons (Fsp3) is 0.118. The van der Waals surface area contributed by atoms with E-state index in [1.54, 1.807) is 12.4 Å². The van der Waals surface area contributed by atoms with E-state index in [2.05, 4.69) is 10.3 Å². The maximum absolute atomic E-state index is 5.89. The predicted molar refractivity (Wildman–Crippen MR) is 83.9 cm³/mol. The summed E-state index contributed by atoms with van der Waals surface area (Å²) in [7, 11) is 0. The highest BCUT2D eigenvalue weighted by molar-refractivity contribution is 6.30. The summed E-state index contributed by atoms with van der Waals surface area (Å²) < 4.78 is 5.83. The van der Waals surface area contributed by atoms with Gasteiger partial charge in [0, 0.05) is 29.5 Å². The van der Waals surface area contributed by atoms with Crippen molar-refractivity contribution < 1.29 is 16.8 Å². The molecular formula is C17H15Cl2N2O-. The van der Waals surface area contributed by atoms with Crippen LogP contribution in [0.15, 0.2) is 65.3 Å². The van der Waals surface area contributed by atoms with Gasteiger partial charge in [-0.1, -0.05) is 11.6 Å². The summed E-state index contributed by atoms with van der Waals surface area (Å²) in [6, 6.07) is 15.6. The molecule has 0 aliphatic heterocycles. The fourth-order valence-electron chi connectivity index (χ4n) is 2.07. The van der Waals surface area contributed by atoms with Crippen LogP contribution in [-0.4, -0.2) is 4.98 Å². The molecule has 3 rings (SSSR count). The summed E-state index contributed by atoms with van der Waals surface area (Å²) in [4.78, 5) is 4.00. The SMILES string of the molecule is Clc1ccc(-c2ccc(CNCc3ccncc3)o2)cc1.[Cl-]. The zero-order chi connectivity index (χ0) is 14.5. The Bertz CT molecular complexity index is 696. The number of nitrogens with zero attached hydrogens (tertiary/aromatic N) is 1. The van der Waals surface area contributed by atoms with Gasteiger partial charge >= 0.3 is 0 Å². The Hall–Kier alpha value is -1.81. The molecule has 0 aliphatic rings. The summed E-state index contributed by atoms with van der Waals surface area (Å²) in [6.07, 6.45) is 3.59. The summed E-state index contributed by atoms with van der Waals surface area (Å²) >= 11 is 5.89. The van der Waals surface area contributed by atoms with E-state index in [4.69, 9.17) is 16.0 Å². The van der Waals surface area contributed by atoms with Gasteiger partial charge in [-0.3, -0.25) is 4.98 Å². The van der Waals surface area contributed by atoms with Crippen LogP contribution in [-0.2, 0) is 13.1 Å². The van der Waals surface area contributed by atoms with E-state index in [9.17, 15) is 0 Å². The summed E-state index contributed by atoms with van der Waals surface area (Å²) in [5.74, 6) is 1.77. The van der Waals surface area contributed by atoms with Gasteiger partial charge in [0.2, 0.25) is 0 Å². The number of benzene rings is 1. The molecule has 0 aliphatic carbocycles. The molecule has 2 heterocycles. The monoisotopic (exact) mass is 333 g/mol. The van der Waals surface area contributed by atoms with Gasteiger partial charge in [-0.15, -0.1) is 0 Å². The number of hydrogen-bond donors (Lipinski definition) is 1. The average Bonchev–Trinajstić information content (AvgIpc) is 2.98. The highest BCUT2D eigenvalue weighted by atomic mass is 35.5. The lowest BCUT2D eigenvalue weighted by Gasteiger charge is -2.02. The molecule has 5 heteroatoms. The number of pyridine rings is 1. The molecule has 0 saturated heterocycles. The molecule has 0 fully saturated rings. The van der Waals surface area contributed by atoms with E-state index in [1.165, 1.54) is 5.56 Å². The largest absolute Gasteiger partial charge is 1.00 e. The molecule has 0 amide bonds. The number of aromatic nitrogens is 1. The minimum Gasteiger partial charge on any atom is -1.00 e. The number of rotatable bonds is 5. The van der Waals surface area contributed by atoms with Gasteiger partial charge in [-0.25, -0.2) is 0 Å². The maximum atomic E-state index is 5.89. The standard InChI is InChI=1S/C17H15ClN2O.ClH/c18-15-3-1-14(2-4-15)17-6-5-16(21-17)12-20-11-13-7-9-19-10-8-13;/h1-10,20H,11-12H2;1H/p-1. The number of furan rings is 1. The molecule has 2 aromatic heterocycles. The minimum atomic E-state index is 0. The Labute approximate surface area is 140 Å². The van der Waals surface area contributed by atoms with Gasteiger partial charge < -0.3 is 22.1 Å². The van der Waals surface area contributed by atoms with Crippen LogP contribution in [0.2, 0.25) is 5.02 Å². The van der Waals surface area contributed by atoms with Crippen LogP contribution in [0.5, 0.6) is 0 Å². The predicted octanol–water partition coefficient (Wildman–Crippen LogP) is 1.29. The molecule has 0 saturated carbocycles. The normalized spacial score (nSPS) is 10.2. The molecule has 22 heavy (non-hydrogen) atoms. The highest BCUT2D eigenvalue weighted by Gasteiger charge is 2.04. The summed E-state index contributed by atoms with van der Waals surface area (Å²) in [5.41, 5.74) is 2.23. The summed E-state index contributed by atoms with van der Waals surface area (Å²) in [6.45, 7) is 1.48. The molecule has 1 aromatic carbocycles. The summed E-state index contributed by atoms with van der Waals surface area (Å²) in [5, 5.41) is 4.08. The van der Waals surface area contributed by atoms with Crippen molar-refractivity contribution in [1.82, 2.24) is 10.3 Å². The van der Waals surface area contributed by atoms with Crippen LogP contribution >= 0.6 is 11.6 Å². The van der Waals surface area contributed by atoms with Crippen molar-refractivity contribution in [3.05, 3.63) is 77.3 Å². The smallest absolute Gasteiger partial charge is 0.134 e. The molecule has 114 valence electrons. The van der Waals surface area contributed by atoms with Gasteiger partial charge in [0.15, 0.2) is 0 Å². The van der Waals surface area contributed by atoms with Crippen molar-refractivity contribution in [2.24, 2.45) is 0 Å². The average molecular weight is 334 g/mol. The number of hydrogen-bond acceptors (Lipinski definition) is 3. The first-order chi connectivity index (χ1) is 10.3. The van der Waals surface area contributed by atoms with E-state index in [-0.39, 0.29) is 12.4 Å². The Balaban J connectivity index is 0.00000176. The minimum absolute atomic E-state index is 0. The second kappa shape index (κ2) is 7.99. The molecule has 0 unspecified atom stereocenters. The van der Waals surface area contributed by atoms with Crippen LogP contribution in [0.4, 0.5) is 0 Å². The van der Waals surface area contributed by atoms with E-state index >= 15 is 0 Å². The van der Waals surface area contributed by atoms with Crippen molar-refractivity contribution in [1.29, 1.82) is 0 Å². The Morgan fingerprint density at radius 1 is 0.909 bits per heavy atom. The van der Waals surface area contributed by atoms with Crippen LogP contribution in [0.25, 0.3) is 11.3 Å². The van der Waals surface area contributed by atoms with Crippen molar-refractivity contribution in [3.63, 3.8) is 0 Å². The van der Waals surface area contributed by atoms with Gasteiger partial charge in [-0.2, -0.15) is 0 Å². The lowest BCUT2D eigenvalue weighted by molar-refractivity contribution is -0.00000476. The third-order valence-electron chi connectivity index (χ3n) is 3.17. The molecular weight excluding hydrogens is 319 g/mol. The third-order valence-corrected chi connectivity index (χ3v) is 3.42. The first-order valence-corrected chi connectivity index (χ1v) is 7.13. The van der Waals surface area contributed by atoms with Crippen LogP contribution in [0.3, 0.4) is 0 Å². The van der Waals surface area contributed by atoms with Crippen molar-refractivity contribution >= 4 is 11.6 Å². The van der Waals surface area contributed by atoms with E-state index in [1.807, 2.05) is 48.5 Å². The second-order valence-corrected chi connectivity index (χ2v) is 5.17. The molecule has 0 bridgehead atoms.